The molecule has 0 saturated carbocycles. The van der Waals surface area contributed by atoms with Crippen molar-refractivity contribution in [3.8, 4) is 23.6 Å². The Balaban J connectivity index is 2.66. The van der Waals surface area contributed by atoms with Crippen LogP contribution in [0.2, 0.25) is 0 Å². The van der Waals surface area contributed by atoms with E-state index in [2.05, 4.69) is 10.9 Å². The standard InChI is InChI=1S/C14H11FN2/c1-3-10-8-9(2)13(17-14(10)16)11-6-4-5-7-12(11)15/h1,4-8H,2H3,(H2,16,17). The number of nitrogen functional groups attached to an aromatic ring is 1. The van der Waals surface area contributed by atoms with Crippen LogP contribution >= 0.6 is 0 Å². The molecule has 0 atom stereocenters. The van der Waals surface area contributed by atoms with E-state index in [-0.39, 0.29) is 11.6 Å². The first-order valence-corrected chi connectivity index (χ1v) is 5.12. The van der Waals surface area contributed by atoms with Crippen molar-refractivity contribution in [1.29, 1.82) is 0 Å². The van der Waals surface area contributed by atoms with E-state index in [1.807, 2.05) is 6.92 Å². The topological polar surface area (TPSA) is 38.9 Å². The Bertz CT molecular complexity index is 612. The zero-order valence-corrected chi connectivity index (χ0v) is 9.37. The summed E-state index contributed by atoms with van der Waals surface area (Å²) in [6.45, 7) is 1.83. The molecule has 84 valence electrons. The van der Waals surface area contributed by atoms with Gasteiger partial charge in [-0.15, -0.1) is 6.42 Å². The summed E-state index contributed by atoms with van der Waals surface area (Å²) in [5, 5.41) is 0. The van der Waals surface area contributed by atoms with Crippen LogP contribution in [0.1, 0.15) is 11.1 Å². The van der Waals surface area contributed by atoms with E-state index >= 15 is 0 Å². The van der Waals surface area contributed by atoms with E-state index in [1.165, 1.54) is 6.07 Å². The Morgan fingerprint density at radius 3 is 2.71 bits per heavy atom. The van der Waals surface area contributed by atoms with Crippen molar-refractivity contribution in [3.05, 3.63) is 47.3 Å². The fourth-order valence-corrected chi connectivity index (χ4v) is 1.67. The summed E-state index contributed by atoms with van der Waals surface area (Å²) >= 11 is 0. The van der Waals surface area contributed by atoms with Crippen LogP contribution in [0.5, 0.6) is 0 Å². The Morgan fingerprint density at radius 2 is 2.06 bits per heavy atom. The van der Waals surface area contributed by atoms with Gasteiger partial charge in [-0.25, -0.2) is 9.37 Å². The first-order valence-electron chi connectivity index (χ1n) is 5.12. The fourth-order valence-electron chi connectivity index (χ4n) is 1.67. The minimum atomic E-state index is -0.323. The largest absolute Gasteiger partial charge is 0.383 e. The third kappa shape index (κ3) is 1.98. The third-order valence-electron chi connectivity index (χ3n) is 2.53. The van der Waals surface area contributed by atoms with Gasteiger partial charge in [-0.2, -0.15) is 0 Å². The average Bonchev–Trinajstić information content (AvgIpc) is 2.32. The molecule has 0 radical (unpaired) electrons. The maximum Gasteiger partial charge on any atom is 0.139 e. The summed E-state index contributed by atoms with van der Waals surface area (Å²) in [4.78, 5) is 4.17. The summed E-state index contributed by atoms with van der Waals surface area (Å²) < 4.78 is 13.6. The third-order valence-corrected chi connectivity index (χ3v) is 2.53. The molecule has 0 bridgehead atoms. The van der Waals surface area contributed by atoms with Crippen molar-refractivity contribution in [1.82, 2.24) is 4.98 Å². The van der Waals surface area contributed by atoms with Gasteiger partial charge in [0, 0.05) is 5.56 Å². The molecule has 1 heterocycles. The van der Waals surface area contributed by atoms with Crippen LogP contribution in [0.25, 0.3) is 11.3 Å². The van der Waals surface area contributed by atoms with Crippen LogP contribution in [0.4, 0.5) is 10.2 Å². The molecule has 0 amide bonds. The summed E-state index contributed by atoms with van der Waals surface area (Å²) in [6, 6.07) is 8.18. The highest BCUT2D eigenvalue weighted by molar-refractivity contribution is 5.68. The van der Waals surface area contributed by atoms with Gasteiger partial charge in [-0.3, -0.25) is 0 Å². The number of benzene rings is 1. The van der Waals surface area contributed by atoms with Gasteiger partial charge in [0.15, 0.2) is 0 Å². The quantitative estimate of drug-likeness (QED) is 0.759. The van der Waals surface area contributed by atoms with Crippen molar-refractivity contribution in [2.45, 2.75) is 6.92 Å². The van der Waals surface area contributed by atoms with Crippen molar-refractivity contribution in [2.75, 3.05) is 5.73 Å². The van der Waals surface area contributed by atoms with Gasteiger partial charge < -0.3 is 5.73 Å². The summed E-state index contributed by atoms with van der Waals surface area (Å²) in [5.41, 5.74) is 8.00. The zero-order chi connectivity index (χ0) is 12.4. The number of nitrogens with two attached hydrogens (primary N) is 1. The number of hydrogen-bond acceptors (Lipinski definition) is 2. The van der Waals surface area contributed by atoms with Crippen LogP contribution in [0.3, 0.4) is 0 Å². The second-order valence-electron chi connectivity index (χ2n) is 3.71. The number of aromatic nitrogens is 1. The molecule has 0 aliphatic heterocycles. The molecule has 0 unspecified atom stereocenters. The fraction of sp³-hybridized carbons (Fsp3) is 0.0714. The predicted octanol–water partition coefficient (Wildman–Crippen LogP) is 2.76. The highest BCUT2D eigenvalue weighted by atomic mass is 19.1. The highest BCUT2D eigenvalue weighted by Crippen LogP contribution is 2.26. The lowest BCUT2D eigenvalue weighted by Crippen LogP contribution is -2.00. The molecule has 0 spiro atoms. The predicted molar refractivity (Wildman–Crippen MR) is 66.7 cm³/mol. The normalized spacial score (nSPS) is 9.94. The Labute approximate surface area is 99.3 Å². The molecular weight excluding hydrogens is 215 g/mol. The molecule has 3 heteroatoms. The Morgan fingerprint density at radius 1 is 1.35 bits per heavy atom. The molecule has 0 saturated heterocycles. The lowest BCUT2D eigenvalue weighted by atomic mass is 10.0. The van der Waals surface area contributed by atoms with Crippen molar-refractivity contribution >= 4 is 5.82 Å². The van der Waals surface area contributed by atoms with Gasteiger partial charge in [-0.1, -0.05) is 18.1 Å². The molecule has 2 rings (SSSR count). The number of halogens is 1. The minimum absolute atomic E-state index is 0.247. The van der Waals surface area contributed by atoms with Gasteiger partial charge in [0.1, 0.15) is 11.6 Å². The minimum Gasteiger partial charge on any atom is -0.383 e. The molecule has 2 N–H and O–H groups in total. The number of nitrogens with zero attached hydrogens (tertiary/aromatic N) is 1. The first-order chi connectivity index (χ1) is 8.13. The molecule has 2 aromatic rings. The van der Waals surface area contributed by atoms with Crippen LogP contribution in [-0.4, -0.2) is 4.98 Å². The van der Waals surface area contributed by atoms with Gasteiger partial charge in [0.25, 0.3) is 0 Å². The molecule has 0 aliphatic rings. The number of hydrogen-bond donors (Lipinski definition) is 1. The van der Waals surface area contributed by atoms with Crippen LogP contribution in [0.15, 0.2) is 30.3 Å². The van der Waals surface area contributed by atoms with E-state index < -0.39 is 0 Å². The van der Waals surface area contributed by atoms with Crippen molar-refractivity contribution < 1.29 is 4.39 Å². The van der Waals surface area contributed by atoms with Crippen LogP contribution < -0.4 is 5.73 Å². The van der Waals surface area contributed by atoms with E-state index in [0.29, 0.717) is 16.8 Å². The van der Waals surface area contributed by atoms with Gasteiger partial charge >= 0.3 is 0 Å². The maximum atomic E-state index is 13.6. The van der Waals surface area contributed by atoms with E-state index in [0.717, 1.165) is 5.56 Å². The molecule has 0 aliphatic carbocycles. The monoisotopic (exact) mass is 226 g/mol. The molecule has 2 nitrogen and oxygen atoms in total. The molecule has 1 aromatic heterocycles. The van der Waals surface area contributed by atoms with E-state index in [4.69, 9.17) is 12.2 Å². The molecule has 17 heavy (non-hydrogen) atoms. The Hall–Kier alpha value is -2.34. The van der Waals surface area contributed by atoms with Crippen LogP contribution in [-0.2, 0) is 0 Å². The van der Waals surface area contributed by atoms with Crippen molar-refractivity contribution in [2.24, 2.45) is 0 Å². The lowest BCUT2D eigenvalue weighted by molar-refractivity contribution is 0.630. The number of rotatable bonds is 1. The summed E-state index contributed by atoms with van der Waals surface area (Å²) in [7, 11) is 0. The Kier molecular flexibility index (Phi) is 2.80. The van der Waals surface area contributed by atoms with Gasteiger partial charge in [0.05, 0.1) is 11.3 Å². The SMILES string of the molecule is C#Cc1cc(C)c(-c2ccccc2F)nc1N. The van der Waals surface area contributed by atoms with E-state index in [9.17, 15) is 4.39 Å². The lowest BCUT2D eigenvalue weighted by Gasteiger charge is -2.08. The van der Waals surface area contributed by atoms with Gasteiger partial charge in [0.2, 0.25) is 0 Å². The number of terminal acetylenes is 1. The molecular formula is C14H11FN2. The molecule has 1 aromatic carbocycles. The van der Waals surface area contributed by atoms with Crippen LogP contribution in [0, 0.1) is 25.1 Å². The molecule has 0 fully saturated rings. The average molecular weight is 226 g/mol. The summed E-state index contributed by atoms with van der Waals surface area (Å²) in [5.74, 6) is 2.37. The maximum absolute atomic E-state index is 13.6. The zero-order valence-electron chi connectivity index (χ0n) is 9.37. The second-order valence-corrected chi connectivity index (χ2v) is 3.71. The first kappa shape index (κ1) is 11.2. The summed E-state index contributed by atoms with van der Waals surface area (Å²) in [6.07, 6.45) is 5.29. The number of pyridine rings is 1. The number of aryl methyl sites for hydroxylation is 1. The van der Waals surface area contributed by atoms with Gasteiger partial charge in [-0.05, 0) is 30.7 Å². The van der Waals surface area contributed by atoms with E-state index in [1.54, 1.807) is 24.3 Å². The smallest absolute Gasteiger partial charge is 0.139 e. The highest BCUT2D eigenvalue weighted by Gasteiger charge is 2.11. The van der Waals surface area contributed by atoms with Crippen molar-refractivity contribution in [3.63, 3.8) is 0 Å². The number of anilines is 1. The second kappa shape index (κ2) is 4.26.